The van der Waals surface area contributed by atoms with Crippen molar-refractivity contribution in [3.05, 3.63) is 39.9 Å². The molecule has 74 valence electrons. The molecular formula is C9H9NO4. The summed E-state index contributed by atoms with van der Waals surface area (Å²) in [7, 11) is 0. The van der Waals surface area contributed by atoms with Gasteiger partial charge >= 0.3 is 5.97 Å². The lowest BCUT2D eigenvalue weighted by Crippen LogP contribution is -2.07. The molecule has 0 aromatic heterocycles. The van der Waals surface area contributed by atoms with Crippen molar-refractivity contribution in [2.24, 2.45) is 0 Å². The highest BCUT2D eigenvalue weighted by molar-refractivity contribution is 5.93. The standard InChI is InChI=1S/C9H9NO4/c1-2-14-9(11)7-5-3-4-6-8(7)10(12)13/h3-6H,2H2,1H3. The molecule has 5 nitrogen and oxygen atoms in total. The summed E-state index contributed by atoms with van der Waals surface area (Å²) in [6.45, 7) is 1.84. The second-order valence-electron chi connectivity index (χ2n) is 2.49. The predicted molar refractivity (Wildman–Crippen MR) is 49.1 cm³/mol. The number of benzene rings is 1. The largest absolute Gasteiger partial charge is 0.462 e. The number of ether oxygens (including phenoxy) is 1. The first-order chi connectivity index (χ1) is 6.66. The van der Waals surface area contributed by atoms with E-state index in [1.54, 1.807) is 13.0 Å². The van der Waals surface area contributed by atoms with Gasteiger partial charge in [0, 0.05) is 6.07 Å². The lowest BCUT2D eigenvalue weighted by Gasteiger charge is -2.01. The number of hydrogen-bond acceptors (Lipinski definition) is 4. The molecule has 0 bridgehead atoms. The average molecular weight is 195 g/mol. The Bertz CT molecular complexity index is 362. The minimum absolute atomic E-state index is 0.0145. The number of nitro benzene ring substituents is 1. The van der Waals surface area contributed by atoms with Crippen LogP contribution in [0.4, 0.5) is 5.69 Å². The van der Waals surface area contributed by atoms with Crippen molar-refractivity contribution in [2.75, 3.05) is 6.61 Å². The van der Waals surface area contributed by atoms with E-state index in [-0.39, 0.29) is 17.9 Å². The molecule has 1 aromatic rings. The molecule has 5 heteroatoms. The van der Waals surface area contributed by atoms with E-state index in [1.165, 1.54) is 18.2 Å². The molecule has 0 spiro atoms. The third-order valence-electron chi connectivity index (χ3n) is 1.60. The van der Waals surface area contributed by atoms with E-state index < -0.39 is 10.9 Å². The van der Waals surface area contributed by atoms with Crippen LogP contribution in [0.25, 0.3) is 0 Å². The van der Waals surface area contributed by atoms with E-state index in [0.29, 0.717) is 0 Å². The molecule has 0 unspecified atom stereocenters. The average Bonchev–Trinajstić information content (AvgIpc) is 2.18. The van der Waals surface area contributed by atoms with Crippen molar-refractivity contribution < 1.29 is 14.5 Å². The van der Waals surface area contributed by atoms with Crippen LogP contribution >= 0.6 is 0 Å². The number of nitro groups is 1. The van der Waals surface area contributed by atoms with E-state index in [2.05, 4.69) is 4.74 Å². The Morgan fingerprint density at radius 3 is 2.71 bits per heavy atom. The molecule has 1 aromatic carbocycles. The summed E-state index contributed by atoms with van der Waals surface area (Å²) in [5, 5.41) is 10.5. The zero-order chi connectivity index (χ0) is 10.6. The fraction of sp³-hybridized carbons (Fsp3) is 0.222. The van der Waals surface area contributed by atoms with Crippen LogP contribution in [0.5, 0.6) is 0 Å². The molecule has 14 heavy (non-hydrogen) atoms. The van der Waals surface area contributed by atoms with Crippen molar-refractivity contribution in [3.63, 3.8) is 0 Å². The second-order valence-corrected chi connectivity index (χ2v) is 2.49. The number of carbonyl (C=O) groups excluding carboxylic acids is 1. The van der Waals surface area contributed by atoms with E-state index in [9.17, 15) is 14.9 Å². The van der Waals surface area contributed by atoms with E-state index >= 15 is 0 Å². The first-order valence-corrected chi connectivity index (χ1v) is 4.07. The van der Waals surface area contributed by atoms with Crippen LogP contribution in [0.2, 0.25) is 0 Å². The van der Waals surface area contributed by atoms with Gasteiger partial charge < -0.3 is 4.74 Å². The van der Waals surface area contributed by atoms with Crippen LogP contribution < -0.4 is 0 Å². The normalized spacial score (nSPS) is 9.50. The molecule has 0 N–H and O–H groups in total. The molecule has 0 heterocycles. The number of hydrogen-bond donors (Lipinski definition) is 0. The van der Waals surface area contributed by atoms with Crippen LogP contribution in [0.15, 0.2) is 24.3 Å². The van der Waals surface area contributed by atoms with Crippen LogP contribution in [-0.2, 0) is 4.74 Å². The fourth-order valence-corrected chi connectivity index (χ4v) is 1.01. The summed E-state index contributed by atoms with van der Waals surface area (Å²) in [5.41, 5.74) is -0.245. The summed E-state index contributed by atoms with van der Waals surface area (Å²) in [6, 6.07) is 5.70. The Balaban J connectivity index is 3.07. The van der Waals surface area contributed by atoms with Gasteiger partial charge in [-0.1, -0.05) is 12.1 Å². The van der Waals surface area contributed by atoms with Crippen molar-refractivity contribution in [3.8, 4) is 0 Å². The van der Waals surface area contributed by atoms with Crippen LogP contribution in [0, 0.1) is 10.1 Å². The highest BCUT2D eigenvalue weighted by Crippen LogP contribution is 2.18. The first-order valence-electron chi connectivity index (χ1n) is 4.07. The maximum Gasteiger partial charge on any atom is 0.345 e. The highest BCUT2D eigenvalue weighted by Gasteiger charge is 2.19. The lowest BCUT2D eigenvalue weighted by molar-refractivity contribution is -0.385. The topological polar surface area (TPSA) is 69.4 Å². The van der Waals surface area contributed by atoms with Gasteiger partial charge in [0.05, 0.1) is 11.5 Å². The quantitative estimate of drug-likeness (QED) is 0.418. The molecule has 0 amide bonds. The summed E-state index contributed by atoms with van der Waals surface area (Å²) in [5.74, 6) is -0.667. The number of esters is 1. The van der Waals surface area contributed by atoms with Crippen LogP contribution in [-0.4, -0.2) is 17.5 Å². The fourth-order valence-electron chi connectivity index (χ4n) is 1.01. The molecular weight excluding hydrogens is 186 g/mol. The van der Waals surface area contributed by atoms with Crippen molar-refractivity contribution in [1.29, 1.82) is 0 Å². The SMILES string of the molecule is CCOC(=O)c1ccccc1[N+](=O)[O-]. The molecule has 0 aliphatic heterocycles. The number of rotatable bonds is 3. The van der Waals surface area contributed by atoms with Gasteiger partial charge in [-0.05, 0) is 13.0 Å². The molecule has 0 aliphatic carbocycles. The second kappa shape index (κ2) is 4.36. The summed E-state index contributed by atoms with van der Waals surface area (Å²) < 4.78 is 4.68. The minimum Gasteiger partial charge on any atom is -0.462 e. The Kier molecular flexibility index (Phi) is 3.17. The maximum atomic E-state index is 11.2. The van der Waals surface area contributed by atoms with Gasteiger partial charge in [-0.2, -0.15) is 0 Å². The Morgan fingerprint density at radius 1 is 1.50 bits per heavy atom. The maximum absolute atomic E-state index is 11.2. The lowest BCUT2D eigenvalue weighted by atomic mass is 10.2. The third-order valence-corrected chi connectivity index (χ3v) is 1.60. The predicted octanol–water partition coefficient (Wildman–Crippen LogP) is 1.77. The Morgan fingerprint density at radius 2 is 2.14 bits per heavy atom. The van der Waals surface area contributed by atoms with Crippen LogP contribution in [0.1, 0.15) is 17.3 Å². The van der Waals surface area contributed by atoms with Gasteiger partial charge in [0.15, 0.2) is 0 Å². The molecule has 1 rings (SSSR count). The Labute approximate surface area is 80.5 Å². The van der Waals surface area contributed by atoms with E-state index in [1.807, 2.05) is 0 Å². The van der Waals surface area contributed by atoms with Crippen molar-refractivity contribution >= 4 is 11.7 Å². The van der Waals surface area contributed by atoms with Crippen molar-refractivity contribution in [2.45, 2.75) is 6.92 Å². The molecule has 0 saturated heterocycles. The van der Waals surface area contributed by atoms with Crippen molar-refractivity contribution in [1.82, 2.24) is 0 Å². The van der Waals surface area contributed by atoms with Gasteiger partial charge in [-0.25, -0.2) is 4.79 Å². The van der Waals surface area contributed by atoms with Gasteiger partial charge in [0.1, 0.15) is 5.56 Å². The summed E-state index contributed by atoms with van der Waals surface area (Å²) in [4.78, 5) is 21.2. The van der Waals surface area contributed by atoms with Gasteiger partial charge in [0.2, 0.25) is 0 Å². The number of carbonyl (C=O) groups is 1. The highest BCUT2D eigenvalue weighted by atomic mass is 16.6. The molecule has 0 aliphatic rings. The smallest absolute Gasteiger partial charge is 0.345 e. The minimum atomic E-state index is -0.667. The molecule has 0 radical (unpaired) electrons. The summed E-state index contributed by atoms with van der Waals surface area (Å²) in [6.07, 6.45) is 0. The molecule has 0 atom stereocenters. The van der Waals surface area contributed by atoms with Gasteiger partial charge in [0.25, 0.3) is 5.69 Å². The zero-order valence-corrected chi connectivity index (χ0v) is 7.60. The van der Waals surface area contributed by atoms with E-state index in [4.69, 9.17) is 0 Å². The van der Waals surface area contributed by atoms with E-state index in [0.717, 1.165) is 0 Å². The monoisotopic (exact) mass is 195 g/mol. The number of nitrogens with zero attached hydrogens (tertiary/aromatic N) is 1. The zero-order valence-electron chi connectivity index (χ0n) is 7.60. The van der Waals surface area contributed by atoms with Crippen LogP contribution in [0.3, 0.4) is 0 Å². The van der Waals surface area contributed by atoms with Gasteiger partial charge in [-0.15, -0.1) is 0 Å². The Hall–Kier alpha value is -1.91. The third kappa shape index (κ3) is 2.07. The first kappa shape index (κ1) is 10.2. The molecule has 0 fully saturated rings. The molecule has 0 saturated carbocycles. The van der Waals surface area contributed by atoms with Gasteiger partial charge in [-0.3, -0.25) is 10.1 Å². The summed E-state index contributed by atoms with van der Waals surface area (Å²) >= 11 is 0. The number of para-hydroxylation sites is 1.